The molecule has 3 heteroatoms. The zero-order chi connectivity index (χ0) is 15.5. The predicted octanol–water partition coefficient (Wildman–Crippen LogP) is 3.74. The van der Waals surface area contributed by atoms with Gasteiger partial charge in [0.2, 0.25) is 0 Å². The first-order valence-electron chi connectivity index (χ1n) is 8.48. The molecule has 2 fully saturated rings. The summed E-state index contributed by atoms with van der Waals surface area (Å²) >= 11 is 0. The van der Waals surface area contributed by atoms with Crippen molar-refractivity contribution in [1.82, 2.24) is 0 Å². The maximum absolute atomic E-state index is 10.4. The summed E-state index contributed by atoms with van der Waals surface area (Å²) in [7, 11) is 1.68. The molecule has 2 saturated carbocycles. The number of ether oxygens (including phenoxy) is 1. The molecule has 0 aromatic heterocycles. The minimum absolute atomic E-state index is 0.0748. The molecule has 22 heavy (non-hydrogen) atoms. The smallest absolute Gasteiger partial charge is 0.119 e. The number of aliphatic hydroxyl groups excluding tert-OH is 1. The number of hydrogen-bond donors (Lipinski definition) is 2. The summed E-state index contributed by atoms with van der Waals surface area (Å²) in [6, 6.07) is 6.24. The Kier molecular flexibility index (Phi) is 3.12. The van der Waals surface area contributed by atoms with Gasteiger partial charge in [-0.3, -0.25) is 0 Å². The van der Waals surface area contributed by atoms with E-state index in [9.17, 15) is 5.11 Å². The van der Waals surface area contributed by atoms with E-state index in [1.165, 1.54) is 5.56 Å². The predicted molar refractivity (Wildman–Crippen MR) is 86.7 cm³/mol. The number of hydrogen-bond acceptors (Lipinski definition) is 3. The van der Waals surface area contributed by atoms with Crippen LogP contribution >= 0.6 is 0 Å². The summed E-state index contributed by atoms with van der Waals surface area (Å²) in [5, 5.41) is 18.9. The molecule has 3 nitrogen and oxygen atoms in total. The van der Waals surface area contributed by atoms with Crippen LogP contribution in [0.1, 0.15) is 56.1 Å². The molecule has 0 saturated heterocycles. The standard InChI is InChI=1S/C19H25NO2/c1-19-8-7-13-12-4-3-11(22-2)9-15(12)17(20)10-14(13)16(19)5-6-18(19)21/h3-4,9,13-14,16,18,20-21H,5-8,10H2,1-2H3/t13-,14-,16+,18+,19-/m1/s1. The van der Waals surface area contributed by atoms with Gasteiger partial charge >= 0.3 is 0 Å². The first-order chi connectivity index (χ1) is 10.5. The van der Waals surface area contributed by atoms with E-state index >= 15 is 0 Å². The second-order valence-corrected chi connectivity index (χ2v) is 7.65. The van der Waals surface area contributed by atoms with Crippen LogP contribution in [0.3, 0.4) is 0 Å². The summed E-state index contributed by atoms with van der Waals surface area (Å²) in [4.78, 5) is 0. The third-order valence-electron chi connectivity index (χ3n) is 6.81. The van der Waals surface area contributed by atoms with E-state index in [0.717, 1.165) is 49.1 Å². The molecule has 3 aliphatic carbocycles. The van der Waals surface area contributed by atoms with Crippen LogP contribution in [0.2, 0.25) is 0 Å². The first kappa shape index (κ1) is 14.3. The summed E-state index contributed by atoms with van der Waals surface area (Å²) in [6.45, 7) is 2.28. The lowest BCUT2D eigenvalue weighted by Crippen LogP contribution is -2.44. The van der Waals surface area contributed by atoms with Gasteiger partial charge in [0.1, 0.15) is 5.75 Å². The molecule has 0 spiro atoms. The van der Waals surface area contributed by atoms with Gasteiger partial charge in [-0.1, -0.05) is 13.0 Å². The number of aliphatic hydroxyl groups is 1. The fraction of sp³-hybridized carbons (Fsp3) is 0.632. The average Bonchev–Trinajstić information content (AvgIpc) is 2.83. The largest absolute Gasteiger partial charge is 0.497 e. The van der Waals surface area contributed by atoms with Crippen molar-refractivity contribution < 1.29 is 9.84 Å². The van der Waals surface area contributed by atoms with Crippen LogP contribution in [-0.4, -0.2) is 24.0 Å². The van der Waals surface area contributed by atoms with Crippen molar-refractivity contribution in [3.8, 4) is 5.75 Å². The Labute approximate surface area is 132 Å². The van der Waals surface area contributed by atoms with E-state index in [0.29, 0.717) is 17.8 Å². The zero-order valence-electron chi connectivity index (χ0n) is 13.4. The molecular formula is C19H25NO2. The van der Waals surface area contributed by atoms with Gasteiger partial charge < -0.3 is 15.3 Å². The van der Waals surface area contributed by atoms with Crippen LogP contribution in [0.5, 0.6) is 5.75 Å². The second-order valence-electron chi connectivity index (χ2n) is 7.65. The van der Waals surface area contributed by atoms with Gasteiger partial charge in [-0.2, -0.15) is 0 Å². The first-order valence-corrected chi connectivity index (χ1v) is 8.48. The Balaban J connectivity index is 1.75. The van der Waals surface area contributed by atoms with Crippen molar-refractivity contribution >= 4 is 5.71 Å². The summed E-state index contributed by atoms with van der Waals surface area (Å²) < 4.78 is 5.33. The van der Waals surface area contributed by atoms with E-state index in [1.807, 2.05) is 12.1 Å². The minimum Gasteiger partial charge on any atom is -0.497 e. The average molecular weight is 299 g/mol. The van der Waals surface area contributed by atoms with Crippen LogP contribution in [0.4, 0.5) is 0 Å². The van der Waals surface area contributed by atoms with E-state index < -0.39 is 0 Å². The lowest BCUT2D eigenvalue weighted by molar-refractivity contribution is -0.0177. The third kappa shape index (κ3) is 1.81. The second kappa shape index (κ2) is 4.82. The summed E-state index contributed by atoms with van der Waals surface area (Å²) in [6.07, 6.45) is 5.02. The summed E-state index contributed by atoms with van der Waals surface area (Å²) in [5.41, 5.74) is 3.25. The highest BCUT2D eigenvalue weighted by molar-refractivity contribution is 6.01. The van der Waals surface area contributed by atoms with Gasteiger partial charge in [0.15, 0.2) is 0 Å². The van der Waals surface area contributed by atoms with Gasteiger partial charge in [-0.15, -0.1) is 0 Å². The van der Waals surface area contributed by atoms with Gasteiger partial charge in [0.05, 0.1) is 13.2 Å². The van der Waals surface area contributed by atoms with Crippen LogP contribution < -0.4 is 4.74 Å². The van der Waals surface area contributed by atoms with E-state index in [1.54, 1.807) is 7.11 Å². The van der Waals surface area contributed by atoms with Crippen LogP contribution in [0.15, 0.2) is 18.2 Å². The molecule has 0 amide bonds. The number of benzene rings is 1. The topological polar surface area (TPSA) is 53.3 Å². The number of nitrogens with one attached hydrogen (secondary N) is 1. The van der Waals surface area contributed by atoms with Crippen molar-refractivity contribution in [3.05, 3.63) is 29.3 Å². The van der Waals surface area contributed by atoms with E-state index in [4.69, 9.17) is 10.1 Å². The van der Waals surface area contributed by atoms with Crippen molar-refractivity contribution in [2.24, 2.45) is 17.3 Å². The van der Waals surface area contributed by atoms with Crippen LogP contribution in [-0.2, 0) is 0 Å². The monoisotopic (exact) mass is 299 g/mol. The normalized spacial score (nSPS) is 39.9. The molecule has 1 aromatic carbocycles. The Morgan fingerprint density at radius 1 is 1.27 bits per heavy atom. The minimum atomic E-state index is -0.148. The summed E-state index contributed by atoms with van der Waals surface area (Å²) in [5.74, 6) is 2.50. The lowest BCUT2D eigenvalue weighted by atomic mass is 9.55. The molecule has 4 rings (SSSR count). The Morgan fingerprint density at radius 3 is 2.86 bits per heavy atom. The SMILES string of the molecule is COc1ccc2c(c1)C(=N)C[C@@H]1[C@@H]2CC[C@@]2(C)[C@@H](O)CC[C@@H]12. The molecule has 0 radical (unpaired) electrons. The molecule has 0 bridgehead atoms. The Morgan fingerprint density at radius 2 is 2.09 bits per heavy atom. The van der Waals surface area contributed by atoms with Crippen LogP contribution in [0, 0.1) is 22.7 Å². The Bertz CT molecular complexity index is 626. The highest BCUT2D eigenvalue weighted by Gasteiger charge is 2.54. The molecule has 0 heterocycles. The molecule has 3 aliphatic rings. The van der Waals surface area contributed by atoms with E-state index in [-0.39, 0.29) is 11.5 Å². The van der Waals surface area contributed by atoms with Crippen molar-refractivity contribution in [2.75, 3.05) is 7.11 Å². The molecule has 0 unspecified atom stereocenters. The van der Waals surface area contributed by atoms with E-state index in [2.05, 4.69) is 13.0 Å². The fourth-order valence-corrected chi connectivity index (χ4v) is 5.52. The molecule has 2 N–H and O–H groups in total. The number of fused-ring (bicyclic) bond motifs is 5. The Hall–Kier alpha value is -1.35. The van der Waals surface area contributed by atoms with Crippen molar-refractivity contribution in [1.29, 1.82) is 5.41 Å². The highest BCUT2D eigenvalue weighted by atomic mass is 16.5. The lowest BCUT2D eigenvalue weighted by Gasteiger charge is -2.50. The van der Waals surface area contributed by atoms with Gasteiger partial charge in [0, 0.05) is 11.3 Å². The maximum atomic E-state index is 10.4. The molecular weight excluding hydrogens is 274 g/mol. The molecule has 0 aliphatic heterocycles. The van der Waals surface area contributed by atoms with Gasteiger partial charge in [-0.05, 0) is 73.0 Å². The highest BCUT2D eigenvalue weighted by Crippen LogP contribution is 2.60. The zero-order valence-corrected chi connectivity index (χ0v) is 13.4. The van der Waals surface area contributed by atoms with Crippen LogP contribution in [0.25, 0.3) is 0 Å². The van der Waals surface area contributed by atoms with Gasteiger partial charge in [-0.25, -0.2) is 0 Å². The molecule has 118 valence electrons. The molecule has 1 aromatic rings. The maximum Gasteiger partial charge on any atom is 0.119 e. The third-order valence-corrected chi connectivity index (χ3v) is 6.81. The van der Waals surface area contributed by atoms with Gasteiger partial charge in [0.25, 0.3) is 0 Å². The number of methoxy groups -OCH3 is 1. The van der Waals surface area contributed by atoms with Crippen molar-refractivity contribution in [3.63, 3.8) is 0 Å². The quantitative estimate of drug-likeness (QED) is 0.830. The number of rotatable bonds is 1. The molecule has 5 atom stereocenters. The fourth-order valence-electron chi connectivity index (χ4n) is 5.52. The van der Waals surface area contributed by atoms with Crippen molar-refractivity contribution in [2.45, 2.75) is 51.0 Å².